The van der Waals surface area contributed by atoms with Gasteiger partial charge in [0, 0.05) is 14.2 Å². The molecule has 0 aliphatic rings. The molecule has 0 radical (unpaired) electrons. The molecule has 0 atom stereocenters. The SMILES string of the molecule is COC(C)(C)C.COC(C)(C)C.C[SiH3].C[SiH3].c1ccccc1. The summed E-state index contributed by atoms with van der Waals surface area (Å²) >= 11 is 0. The first kappa shape index (κ1) is 29.6. The monoisotopic (exact) mass is 346 g/mol. The zero-order chi connectivity index (χ0) is 18.7. The molecule has 0 spiro atoms. The largest absolute Gasteiger partial charge is 0.379 e. The van der Waals surface area contributed by atoms with Gasteiger partial charge in [-0.25, -0.2) is 0 Å². The van der Waals surface area contributed by atoms with E-state index in [1.54, 1.807) is 14.2 Å². The van der Waals surface area contributed by atoms with Gasteiger partial charge in [0.1, 0.15) is 0 Å². The molecule has 0 unspecified atom stereocenters. The fraction of sp³-hybridized carbons (Fsp3) is 0.667. The lowest BCUT2D eigenvalue weighted by Crippen LogP contribution is -2.15. The minimum absolute atomic E-state index is 0.0417. The van der Waals surface area contributed by atoms with Crippen molar-refractivity contribution in [3.05, 3.63) is 36.4 Å². The standard InChI is InChI=1S/C6H6.2C5H12O.2CH6Si/c1-2-4-6-5-3-1;2*1-5(2,3)6-4;2*1-2/h1-6H;2*1-4H3;2*1-2H3. The van der Waals surface area contributed by atoms with Gasteiger partial charge >= 0.3 is 0 Å². The average Bonchev–Trinajstić information content (AvgIpc) is 2.53. The Morgan fingerprint density at radius 1 is 0.500 bits per heavy atom. The van der Waals surface area contributed by atoms with Crippen molar-refractivity contribution in [1.82, 2.24) is 0 Å². The average molecular weight is 347 g/mol. The van der Waals surface area contributed by atoms with Gasteiger partial charge in [-0.2, -0.15) is 0 Å². The van der Waals surface area contributed by atoms with E-state index in [1.807, 2.05) is 77.9 Å². The highest BCUT2D eigenvalue weighted by atomic mass is 28.1. The minimum atomic E-state index is 0.0417. The third-order valence-corrected chi connectivity index (χ3v) is 1.89. The summed E-state index contributed by atoms with van der Waals surface area (Å²) in [6.07, 6.45) is 0. The molecule has 0 aliphatic carbocycles. The molecule has 0 heterocycles. The number of benzene rings is 1. The van der Waals surface area contributed by atoms with E-state index in [1.165, 1.54) is 20.5 Å². The molecule has 1 rings (SSSR count). The van der Waals surface area contributed by atoms with E-state index in [0.717, 1.165) is 0 Å². The molecule has 22 heavy (non-hydrogen) atoms. The highest BCUT2D eigenvalue weighted by Crippen LogP contribution is 2.02. The van der Waals surface area contributed by atoms with Crippen LogP contribution in [0.3, 0.4) is 0 Å². The quantitative estimate of drug-likeness (QED) is 0.671. The third-order valence-electron chi connectivity index (χ3n) is 1.89. The molecule has 0 fully saturated rings. The first-order chi connectivity index (χ1) is 10.1. The summed E-state index contributed by atoms with van der Waals surface area (Å²) < 4.78 is 9.88. The number of hydrogen-bond donors (Lipinski definition) is 0. The Hall–Kier alpha value is -0.426. The van der Waals surface area contributed by atoms with Crippen LogP contribution in [0.2, 0.25) is 13.1 Å². The van der Waals surface area contributed by atoms with E-state index in [2.05, 4.69) is 13.1 Å². The van der Waals surface area contributed by atoms with Crippen molar-refractivity contribution in [3.63, 3.8) is 0 Å². The second-order valence-corrected chi connectivity index (χ2v) is 5.79. The smallest absolute Gasteiger partial charge is 0.0594 e. The molecular formula is C18H42O2Si2. The fourth-order valence-electron chi connectivity index (χ4n) is 0.385. The van der Waals surface area contributed by atoms with E-state index in [9.17, 15) is 0 Å². The van der Waals surface area contributed by atoms with Gasteiger partial charge in [-0.1, -0.05) is 49.5 Å². The Morgan fingerprint density at radius 2 is 0.591 bits per heavy atom. The van der Waals surface area contributed by atoms with Crippen LogP contribution in [0.5, 0.6) is 0 Å². The van der Waals surface area contributed by atoms with Gasteiger partial charge in [0.05, 0.1) is 11.2 Å². The van der Waals surface area contributed by atoms with E-state index in [4.69, 9.17) is 9.47 Å². The lowest BCUT2D eigenvalue weighted by atomic mass is 10.2. The predicted molar refractivity (Wildman–Crippen MR) is 112 cm³/mol. The molecule has 0 aromatic heterocycles. The Morgan fingerprint density at radius 3 is 0.636 bits per heavy atom. The fourth-order valence-corrected chi connectivity index (χ4v) is 0.385. The van der Waals surface area contributed by atoms with Crippen molar-refractivity contribution in [2.75, 3.05) is 14.2 Å². The summed E-state index contributed by atoms with van der Waals surface area (Å²) in [6, 6.07) is 12.0. The van der Waals surface area contributed by atoms with Crippen LogP contribution in [0, 0.1) is 0 Å². The first-order valence-corrected chi connectivity index (χ1v) is 12.2. The lowest BCUT2D eigenvalue weighted by Gasteiger charge is -2.14. The molecule has 0 bridgehead atoms. The van der Waals surface area contributed by atoms with E-state index in [0.29, 0.717) is 0 Å². The maximum absolute atomic E-state index is 4.94. The predicted octanol–water partition coefficient (Wildman–Crippen LogP) is 3.35. The van der Waals surface area contributed by atoms with Crippen molar-refractivity contribution in [1.29, 1.82) is 0 Å². The number of ether oxygens (including phenoxy) is 2. The summed E-state index contributed by atoms with van der Waals surface area (Å²) in [4.78, 5) is 0. The van der Waals surface area contributed by atoms with E-state index >= 15 is 0 Å². The summed E-state index contributed by atoms with van der Waals surface area (Å²) in [5.74, 6) is 0. The molecule has 1 aromatic carbocycles. The van der Waals surface area contributed by atoms with Crippen LogP contribution in [0.25, 0.3) is 0 Å². The van der Waals surface area contributed by atoms with Crippen LogP contribution < -0.4 is 0 Å². The Kier molecular flexibility index (Phi) is 27.7. The van der Waals surface area contributed by atoms with Gasteiger partial charge in [-0.05, 0) is 62.0 Å². The zero-order valence-electron chi connectivity index (χ0n) is 17.3. The van der Waals surface area contributed by atoms with Gasteiger partial charge in [0.25, 0.3) is 0 Å². The topological polar surface area (TPSA) is 18.5 Å². The van der Waals surface area contributed by atoms with Crippen LogP contribution in [-0.4, -0.2) is 45.9 Å². The molecule has 1 aromatic rings. The number of hydrogen-bond acceptors (Lipinski definition) is 2. The highest BCUT2D eigenvalue weighted by Gasteiger charge is 2.04. The molecule has 134 valence electrons. The maximum atomic E-state index is 4.94. The van der Waals surface area contributed by atoms with Crippen LogP contribution in [0.1, 0.15) is 41.5 Å². The summed E-state index contributed by atoms with van der Waals surface area (Å²) in [7, 11) is 6.03. The van der Waals surface area contributed by atoms with Gasteiger partial charge in [-0.15, -0.1) is 0 Å². The zero-order valence-corrected chi connectivity index (χ0v) is 21.3. The molecule has 0 saturated heterocycles. The van der Waals surface area contributed by atoms with Crippen molar-refractivity contribution < 1.29 is 9.47 Å². The third kappa shape index (κ3) is 50.4. The highest BCUT2D eigenvalue weighted by molar-refractivity contribution is 6.05. The molecular weight excluding hydrogens is 304 g/mol. The molecule has 0 amide bonds. The second kappa shape index (κ2) is 20.6. The summed E-state index contributed by atoms with van der Waals surface area (Å²) in [5, 5.41) is 0. The molecule has 2 nitrogen and oxygen atoms in total. The van der Waals surface area contributed by atoms with Crippen LogP contribution in [0.4, 0.5) is 0 Å². The van der Waals surface area contributed by atoms with Gasteiger partial charge < -0.3 is 9.47 Å². The summed E-state index contributed by atoms with van der Waals surface area (Å²) in [5.41, 5.74) is 0.0833. The second-order valence-electron chi connectivity index (χ2n) is 5.79. The normalized spacial score (nSPS) is 9.55. The minimum Gasteiger partial charge on any atom is -0.379 e. The van der Waals surface area contributed by atoms with Crippen LogP contribution in [0.15, 0.2) is 36.4 Å². The molecule has 0 aliphatic heterocycles. The first-order valence-electron chi connectivity index (χ1n) is 8.22. The van der Waals surface area contributed by atoms with E-state index < -0.39 is 0 Å². The Balaban J connectivity index is -0.0000000990. The molecule has 0 N–H and O–H groups in total. The van der Waals surface area contributed by atoms with Gasteiger partial charge in [0.2, 0.25) is 0 Å². The molecule has 4 heteroatoms. The lowest BCUT2D eigenvalue weighted by molar-refractivity contribution is 0.0394. The Bertz CT molecular complexity index is 224. The van der Waals surface area contributed by atoms with Crippen molar-refractivity contribution in [2.24, 2.45) is 0 Å². The summed E-state index contributed by atoms with van der Waals surface area (Å²) in [6.45, 7) is 16.4. The van der Waals surface area contributed by atoms with Crippen molar-refractivity contribution in [2.45, 2.75) is 65.8 Å². The number of methoxy groups -OCH3 is 2. The van der Waals surface area contributed by atoms with Crippen molar-refractivity contribution in [3.8, 4) is 0 Å². The Labute approximate surface area is 146 Å². The van der Waals surface area contributed by atoms with Gasteiger partial charge in [0.15, 0.2) is 0 Å². The molecule has 0 saturated carbocycles. The van der Waals surface area contributed by atoms with E-state index in [-0.39, 0.29) is 11.2 Å². The van der Waals surface area contributed by atoms with Gasteiger partial charge in [-0.3, -0.25) is 0 Å². The van der Waals surface area contributed by atoms with Crippen LogP contribution in [-0.2, 0) is 9.47 Å². The maximum Gasteiger partial charge on any atom is 0.0594 e. The van der Waals surface area contributed by atoms with Crippen LogP contribution >= 0.6 is 0 Å². The van der Waals surface area contributed by atoms with Crippen molar-refractivity contribution >= 4 is 20.5 Å². The number of rotatable bonds is 0.